The maximum atomic E-state index is 6.27. The number of hydrogen-bond acceptors (Lipinski definition) is 3. The molecular weight excluding hydrogens is 370 g/mol. The van der Waals surface area contributed by atoms with Crippen LogP contribution < -0.4 is 0 Å². The van der Waals surface area contributed by atoms with E-state index in [-0.39, 0.29) is 6.10 Å². The zero-order valence-corrected chi connectivity index (χ0v) is 18.5. The van der Waals surface area contributed by atoms with Crippen molar-refractivity contribution < 1.29 is 9.47 Å². The minimum Gasteiger partial charge on any atom is -0.366 e. The molecule has 0 amide bonds. The van der Waals surface area contributed by atoms with E-state index in [2.05, 4.69) is 79.1 Å². The first-order valence-electron chi connectivity index (χ1n) is 11.3. The summed E-state index contributed by atoms with van der Waals surface area (Å²) in [5, 5.41) is 0. The molecule has 0 bridgehead atoms. The van der Waals surface area contributed by atoms with E-state index in [1.807, 2.05) is 12.1 Å². The Morgan fingerprint density at radius 1 is 0.900 bits per heavy atom. The Bertz CT molecular complexity index is 750. The van der Waals surface area contributed by atoms with Crippen molar-refractivity contribution in [1.82, 2.24) is 4.90 Å². The second-order valence-electron chi connectivity index (χ2n) is 8.14. The molecule has 0 N–H and O–H groups in total. The van der Waals surface area contributed by atoms with Crippen molar-refractivity contribution in [3.8, 4) is 11.8 Å². The van der Waals surface area contributed by atoms with Gasteiger partial charge in [-0.3, -0.25) is 4.90 Å². The fourth-order valence-corrected chi connectivity index (χ4v) is 3.76. The monoisotopic (exact) mass is 405 g/mol. The van der Waals surface area contributed by atoms with Gasteiger partial charge in [-0.15, -0.1) is 0 Å². The molecule has 0 saturated carbocycles. The summed E-state index contributed by atoms with van der Waals surface area (Å²) in [6.45, 7) is 8.46. The van der Waals surface area contributed by atoms with Crippen molar-refractivity contribution in [1.29, 1.82) is 0 Å². The highest BCUT2D eigenvalue weighted by atomic mass is 16.5. The number of nitrogens with zero attached hydrogens (tertiary/aromatic N) is 1. The van der Waals surface area contributed by atoms with Crippen molar-refractivity contribution in [2.75, 3.05) is 32.8 Å². The van der Waals surface area contributed by atoms with Crippen molar-refractivity contribution in [2.24, 2.45) is 0 Å². The molecule has 3 heteroatoms. The highest BCUT2D eigenvalue weighted by molar-refractivity contribution is 5.29. The Labute approximate surface area is 182 Å². The number of ether oxygens (including phenoxy) is 2. The third-order valence-electron chi connectivity index (χ3n) is 5.77. The summed E-state index contributed by atoms with van der Waals surface area (Å²) in [5.74, 6) is 6.73. The molecule has 1 aliphatic rings. The van der Waals surface area contributed by atoms with Gasteiger partial charge < -0.3 is 9.47 Å². The van der Waals surface area contributed by atoms with Gasteiger partial charge in [-0.1, -0.05) is 85.8 Å². The molecule has 0 spiro atoms. The lowest BCUT2D eigenvalue weighted by molar-refractivity contribution is -0.0369. The van der Waals surface area contributed by atoms with E-state index in [0.29, 0.717) is 13.2 Å². The van der Waals surface area contributed by atoms with Crippen LogP contribution in [-0.2, 0) is 9.47 Å². The van der Waals surface area contributed by atoms with Crippen molar-refractivity contribution in [2.45, 2.75) is 51.2 Å². The summed E-state index contributed by atoms with van der Waals surface area (Å²) < 4.78 is 12.4. The van der Waals surface area contributed by atoms with Crippen LogP contribution in [0.2, 0.25) is 0 Å². The van der Waals surface area contributed by atoms with Crippen LogP contribution in [0.15, 0.2) is 60.7 Å². The van der Waals surface area contributed by atoms with Crippen LogP contribution in [0.4, 0.5) is 0 Å². The van der Waals surface area contributed by atoms with E-state index < -0.39 is 5.60 Å². The topological polar surface area (TPSA) is 21.7 Å². The van der Waals surface area contributed by atoms with E-state index in [9.17, 15) is 0 Å². The highest BCUT2D eigenvalue weighted by Crippen LogP contribution is 2.26. The third kappa shape index (κ3) is 6.99. The summed E-state index contributed by atoms with van der Waals surface area (Å²) in [6.07, 6.45) is 4.72. The molecule has 160 valence electrons. The summed E-state index contributed by atoms with van der Waals surface area (Å²) in [4.78, 5) is 2.44. The van der Waals surface area contributed by atoms with Gasteiger partial charge in [0, 0.05) is 0 Å². The van der Waals surface area contributed by atoms with Crippen molar-refractivity contribution in [3.05, 3.63) is 71.8 Å². The van der Waals surface area contributed by atoms with E-state index in [1.165, 1.54) is 32.4 Å². The van der Waals surface area contributed by atoms with Gasteiger partial charge in [0.05, 0.1) is 19.8 Å². The fraction of sp³-hybridized carbons (Fsp3) is 0.481. The average Bonchev–Trinajstić information content (AvgIpc) is 2.81. The van der Waals surface area contributed by atoms with Gasteiger partial charge in [0.2, 0.25) is 0 Å². The third-order valence-corrected chi connectivity index (χ3v) is 5.77. The van der Waals surface area contributed by atoms with E-state index in [4.69, 9.17) is 9.47 Å². The SMILES string of the molecule is CC[C@](C)(C#CCN1CCCCC1)OCCOC(c1ccccc1)c1ccccc1. The predicted octanol–water partition coefficient (Wildman–Crippen LogP) is 5.47. The van der Waals surface area contributed by atoms with E-state index in [1.54, 1.807) is 0 Å². The van der Waals surface area contributed by atoms with Gasteiger partial charge in [0.15, 0.2) is 0 Å². The molecule has 1 heterocycles. The average molecular weight is 406 g/mol. The molecule has 1 saturated heterocycles. The zero-order valence-electron chi connectivity index (χ0n) is 18.5. The van der Waals surface area contributed by atoms with Gasteiger partial charge in [-0.2, -0.15) is 0 Å². The Morgan fingerprint density at radius 2 is 1.50 bits per heavy atom. The number of likely N-dealkylation sites (tertiary alicyclic amines) is 1. The van der Waals surface area contributed by atoms with Gasteiger partial charge in [0.1, 0.15) is 11.7 Å². The van der Waals surface area contributed by atoms with Crippen LogP contribution in [0.3, 0.4) is 0 Å². The van der Waals surface area contributed by atoms with Crippen LogP contribution >= 0.6 is 0 Å². The molecule has 30 heavy (non-hydrogen) atoms. The smallest absolute Gasteiger partial charge is 0.125 e. The minimum absolute atomic E-state index is 0.0888. The number of piperidine rings is 1. The van der Waals surface area contributed by atoms with Crippen LogP contribution in [0.25, 0.3) is 0 Å². The van der Waals surface area contributed by atoms with Gasteiger partial charge in [-0.05, 0) is 50.4 Å². The second kappa shape index (κ2) is 11.9. The molecule has 0 aliphatic carbocycles. The van der Waals surface area contributed by atoms with Gasteiger partial charge >= 0.3 is 0 Å². The number of benzene rings is 2. The van der Waals surface area contributed by atoms with Gasteiger partial charge in [0.25, 0.3) is 0 Å². The summed E-state index contributed by atoms with van der Waals surface area (Å²) in [7, 11) is 0. The maximum Gasteiger partial charge on any atom is 0.125 e. The lowest BCUT2D eigenvalue weighted by Crippen LogP contribution is -2.31. The molecule has 0 unspecified atom stereocenters. The lowest BCUT2D eigenvalue weighted by Gasteiger charge is -2.26. The predicted molar refractivity (Wildman–Crippen MR) is 123 cm³/mol. The maximum absolute atomic E-state index is 6.27. The zero-order chi connectivity index (χ0) is 21.1. The largest absolute Gasteiger partial charge is 0.366 e. The van der Waals surface area contributed by atoms with E-state index >= 15 is 0 Å². The van der Waals surface area contributed by atoms with Crippen LogP contribution in [0.1, 0.15) is 56.8 Å². The van der Waals surface area contributed by atoms with E-state index in [0.717, 1.165) is 24.1 Å². The molecular formula is C27H35NO2. The Balaban J connectivity index is 1.53. The molecule has 2 aromatic carbocycles. The minimum atomic E-state index is -0.422. The van der Waals surface area contributed by atoms with Gasteiger partial charge in [-0.25, -0.2) is 0 Å². The fourth-order valence-electron chi connectivity index (χ4n) is 3.76. The Kier molecular flexibility index (Phi) is 8.96. The molecule has 3 rings (SSSR count). The number of hydrogen-bond donors (Lipinski definition) is 0. The quantitative estimate of drug-likeness (QED) is 0.408. The Hall–Kier alpha value is -2.12. The van der Waals surface area contributed by atoms with Crippen LogP contribution in [0.5, 0.6) is 0 Å². The molecule has 1 aliphatic heterocycles. The lowest BCUT2D eigenvalue weighted by atomic mass is 10.0. The normalized spacial score (nSPS) is 16.6. The molecule has 0 aromatic heterocycles. The first-order valence-corrected chi connectivity index (χ1v) is 11.3. The summed E-state index contributed by atoms with van der Waals surface area (Å²) in [6, 6.07) is 20.7. The Morgan fingerprint density at radius 3 is 2.07 bits per heavy atom. The number of rotatable bonds is 9. The molecule has 0 radical (unpaired) electrons. The molecule has 3 nitrogen and oxygen atoms in total. The second-order valence-corrected chi connectivity index (χ2v) is 8.14. The van der Waals surface area contributed by atoms with Crippen LogP contribution in [0, 0.1) is 11.8 Å². The summed E-state index contributed by atoms with van der Waals surface area (Å²) >= 11 is 0. The van der Waals surface area contributed by atoms with Crippen LogP contribution in [-0.4, -0.2) is 43.3 Å². The molecule has 2 aromatic rings. The van der Waals surface area contributed by atoms with Crippen molar-refractivity contribution in [3.63, 3.8) is 0 Å². The van der Waals surface area contributed by atoms with Crippen molar-refractivity contribution >= 4 is 0 Å². The molecule has 1 fully saturated rings. The first kappa shape index (κ1) is 22.6. The molecule has 1 atom stereocenters. The standard InChI is InChI=1S/C27H35NO2/c1-3-27(2,18-13-21-28-19-11-6-12-20-28)30-23-22-29-26(24-14-7-4-8-15-24)25-16-9-5-10-17-25/h4-5,7-10,14-17,26H,3,6,11-12,19-23H2,1-2H3/t27-/m1/s1. The summed E-state index contributed by atoms with van der Waals surface area (Å²) in [5.41, 5.74) is 1.89. The first-order chi connectivity index (χ1) is 14.7. The highest BCUT2D eigenvalue weighted by Gasteiger charge is 2.20.